The third-order valence-electron chi connectivity index (χ3n) is 16.1. The Balaban J connectivity index is -0.00000138. The molecule has 0 amide bonds. The number of fused-ring (bicyclic) bond motifs is 4. The van der Waals surface area contributed by atoms with Crippen molar-refractivity contribution in [2.75, 3.05) is 67.8 Å². The van der Waals surface area contributed by atoms with E-state index in [0.717, 1.165) is 141 Å². The summed E-state index contributed by atoms with van der Waals surface area (Å²) in [5.41, 5.74) is 22.9. The Morgan fingerprint density at radius 1 is 0.510 bits per heavy atom. The first-order valence-electron chi connectivity index (χ1n) is 34.1. The molecule has 0 fully saturated rings. The van der Waals surface area contributed by atoms with Crippen LogP contribution >= 0.6 is 88.2 Å². The minimum atomic E-state index is -0.167. The fourth-order valence-electron chi connectivity index (χ4n) is 9.01. The number of phenols is 5. The molecule has 5 aromatic rings. The number of phenolic OH excluding ortho intramolecular Hbond substituents is 5. The summed E-state index contributed by atoms with van der Waals surface area (Å²) in [6.07, 6.45) is 8.95. The van der Waals surface area contributed by atoms with Gasteiger partial charge in [-0.25, -0.2) is 0 Å². The van der Waals surface area contributed by atoms with Gasteiger partial charge in [0.05, 0.1) is 16.7 Å². The van der Waals surface area contributed by atoms with Crippen molar-refractivity contribution in [3.8, 4) is 28.7 Å². The molecule has 1 aliphatic heterocycles. The van der Waals surface area contributed by atoms with Crippen LogP contribution in [0.4, 0.5) is 0 Å². The number of aromatic hydroxyl groups is 5. The van der Waals surface area contributed by atoms with Crippen molar-refractivity contribution in [2.24, 2.45) is 32.3 Å². The summed E-state index contributed by atoms with van der Waals surface area (Å²) in [5, 5.41) is 60.2. The van der Waals surface area contributed by atoms with Gasteiger partial charge in [0.1, 0.15) is 28.7 Å². The Morgan fingerprint density at radius 3 is 1.08 bits per heavy atom. The van der Waals surface area contributed by atoms with Crippen molar-refractivity contribution in [2.45, 2.75) is 206 Å². The summed E-state index contributed by atoms with van der Waals surface area (Å²) >= 11 is 18.4. The summed E-state index contributed by atoms with van der Waals surface area (Å²) in [4.78, 5) is 43.0. The number of thiol groups is 2. The molecule has 3 radical (unpaired) electrons. The van der Waals surface area contributed by atoms with Crippen LogP contribution in [0.3, 0.4) is 0 Å². The normalized spacial score (nSPS) is 13.5. The van der Waals surface area contributed by atoms with E-state index >= 15 is 0 Å². The first-order valence-corrected chi connectivity index (χ1v) is 41.1. The van der Waals surface area contributed by atoms with Crippen molar-refractivity contribution in [3.63, 3.8) is 0 Å². The number of carbonyl (C=O) groups excluding carboxylic acids is 3. The summed E-state index contributed by atoms with van der Waals surface area (Å²) in [7, 11) is 1.00. The zero-order valence-corrected chi connectivity index (χ0v) is 74.0. The van der Waals surface area contributed by atoms with E-state index in [0.29, 0.717) is 77.5 Å². The second-order valence-electron chi connectivity index (χ2n) is 31.5. The van der Waals surface area contributed by atoms with Crippen LogP contribution in [0.5, 0.6) is 28.7 Å². The van der Waals surface area contributed by atoms with Gasteiger partial charge < -0.3 is 43.5 Å². The van der Waals surface area contributed by atoms with Gasteiger partial charge in [0, 0.05) is 114 Å². The van der Waals surface area contributed by atoms with E-state index in [9.17, 15) is 39.9 Å². The van der Waals surface area contributed by atoms with Gasteiger partial charge in [-0.3, -0.25) is 24.4 Å². The number of rotatable bonds is 16. The number of benzene rings is 5. The van der Waals surface area contributed by atoms with Gasteiger partial charge in [-0.05, 0) is 158 Å². The van der Waals surface area contributed by atoms with Gasteiger partial charge in [0.25, 0.3) is 0 Å². The van der Waals surface area contributed by atoms with Crippen molar-refractivity contribution in [3.05, 3.63) is 144 Å². The molecule has 565 valence electrons. The fraction of sp³-hybridized carbons (Fsp3) is 0.562. The topological polar surface area (TPSA) is 249 Å². The van der Waals surface area contributed by atoms with Crippen LogP contribution in [0.15, 0.2) is 70.6 Å². The molecule has 0 saturated heterocycles. The van der Waals surface area contributed by atoms with E-state index in [2.05, 4.69) is 183 Å². The number of thioether (sulfide) groups is 4. The van der Waals surface area contributed by atoms with Crippen LogP contribution in [0.25, 0.3) is 0 Å². The summed E-state index contributed by atoms with van der Waals surface area (Å²) in [5.74, 6) is 9.62. The molecule has 13 nitrogen and oxygen atoms in total. The Hall–Kier alpha value is -3.03. The molecular weight excluding hydrogens is 1470 g/mol. The average Bonchev–Trinajstić information content (AvgIpc) is 0.844. The van der Waals surface area contributed by atoms with Gasteiger partial charge in [-0.2, -0.15) is 72.3 Å². The molecule has 1 aliphatic rings. The zero-order valence-electron chi connectivity index (χ0n) is 66.3. The molecule has 0 aromatic heterocycles. The first kappa shape index (κ1) is 101. The maximum Gasteiger partial charge on any atom is 1.00 e. The van der Waals surface area contributed by atoms with Gasteiger partial charge in [-0.1, -0.05) is 178 Å². The zero-order chi connectivity index (χ0) is 76.6. The maximum absolute atomic E-state index is 11.4. The molecule has 0 saturated carbocycles. The third-order valence-corrected chi connectivity index (χ3v) is 21.7. The number of nitrogens with two attached hydrogens (primary N) is 2. The molecule has 22 heteroatoms. The van der Waals surface area contributed by atoms with Crippen LogP contribution in [0.2, 0.25) is 0 Å². The predicted molar refractivity (Wildman–Crippen MR) is 455 cm³/mol. The molecular formula is C80H124BBrN4NaO9S6. The first-order chi connectivity index (χ1) is 46.5. The van der Waals surface area contributed by atoms with Gasteiger partial charge in [-0.15, -0.1) is 0 Å². The van der Waals surface area contributed by atoms with E-state index in [-0.39, 0.29) is 94.6 Å². The number of alkyl halides is 1. The Kier molecular flexibility index (Phi) is 47.9. The van der Waals surface area contributed by atoms with Crippen LogP contribution in [-0.2, 0) is 55.4 Å². The van der Waals surface area contributed by atoms with E-state index in [1.54, 1.807) is 41.7 Å². The number of hydrogen-bond donors (Lipinski definition) is 10. The second kappa shape index (κ2) is 48.4. The van der Waals surface area contributed by atoms with Gasteiger partial charge in [0.2, 0.25) is 0 Å². The Labute approximate surface area is 677 Å². The average molecular weight is 1590 g/mol. The molecule has 10 N–H and O–H groups in total. The second-order valence-corrected chi connectivity index (χ2v) is 37.4. The standard InChI is InChI=1S/C32H46N2O2S2.C27H36O4S2.C12H15BrO2.C5H14N2.C3H8S2.CH4O.B.Na.H/c1-30(2,3)26-12-22-16-33-20-32(7,8)21-34-17-23-13-27(31(4,5)6)15-25(29(23)36)19-38-11-9-10-37-18-24(14-26)28(22)35;1-26(2,3)22-10-18(14-28)24(30)20(12-22)16-32-8-7-9-33-17-21-13-23(27(4,5)6)11-19(15-29)25(21)31;1-12(2,3)10-4-8(6-13)11(15)9(5-10)7-14;1-5(2,3-6)4-7;4-2-1-3-5;1-2;;;/h12-17,35-36H,9-11,18-21H2,1-8H3;10-15,30-31H,7-9,16-17H2,1-6H3;4-5,7,15H,6H2,1-3H3;3-4,6-7H2,1-2H3;4-5H,1-3H2;2H,1H3;;;/q;;;;;;;+1;-1. The smallest absolute Gasteiger partial charge is 1.00 e. The van der Waals surface area contributed by atoms with Crippen molar-refractivity contribution in [1.29, 1.82) is 0 Å². The van der Waals surface area contributed by atoms with Gasteiger partial charge >= 0.3 is 29.6 Å². The predicted octanol–water partition coefficient (Wildman–Crippen LogP) is 15.9. The fourth-order valence-corrected chi connectivity index (χ4v) is 14.1. The van der Waals surface area contributed by atoms with Crippen LogP contribution in [-0.4, -0.2) is 138 Å². The summed E-state index contributed by atoms with van der Waals surface area (Å²) < 4.78 is 0. The number of aliphatic imine (C=N–C) groups is 2. The number of carbonyl (C=O) groups is 3. The third kappa shape index (κ3) is 36.3. The SMILES string of the molecule is CC(C)(C)c1cc(C=O)c(O)c(CBr)c1.CC(C)(C)c1cc(C=O)c(O)c(CSCCCSCc2cc(C(C)(C)C)cc(C=O)c2O)c1.CC(C)(CN)CN.CC1(C)CN=Cc2cc(C(C)(C)C)cc(c2O)CSCCCSCc2cc(C(C)(C)C)cc(c2O)C=NC1.CO.SCCCS.[B].[H-].[Na+]. The van der Waals surface area contributed by atoms with Crippen molar-refractivity contribution >= 4 is 128 Å². The summed E-state index contributed by atoms with van der Waals surface area (Å²) in [6.45, 7) is 42.9. The van der Waals surface area contributed by atoms with E-state index < -0.39 is 0 Å². The Morgan fingerprint density at radius 2 is 0.814 bits per heavy atom. The van der Waals surface area contributed by atoms with Gasteiger partial charge in [0.15, 0.2) is 18.9 Å². The molecule has 0 spiro atoms. The van der Waals surface area contributed by atoms with E-state index in [1.165, 1.54) is 11.1 Å². The molecule has 102 heavy (non-hydrogen) atoms. The van der Waals surface area contributed by atoms with Crippen LogP contribution in [0.1, 0.15) is 250 Å². The minimum absolute atomic E-state index is 0. The number of halogens is 1. The number of aliphatic hydroxyl groups is 1. The van der Waals surface area contributed by atoms with E-state index in [4.69, 9.17) is 26.6 Å². The number of aliphatic hydroxyl groups excluding tert-OH is 1. The molecule has 1 heterocycles. The van der Waals surface area contributed by atoms with Crippen molar-refractivity contribution in [1.82, 2.24) is 0 Å². The monoisotopic (exact) mass is 1590 g/mol. The largest absolute Gasteiger partial charge is 1.00 e. The molecule has 4 bridgehead atoms. The van der Waals surface area contributed by atoms with Crippen molar-refractivity contribution < 1.29 is 76.0 Å². The number of aldehydes is 3. The Bertz CT molecular complexity index is 3240. The quantitative estimate of drug-likeness (QED) is 0.0145. The summed E-state index contributed by atoms with van der Waals surface area (Å²) in [6, 6.07) is 19.7. The number of nitrogens with zero attached hydrogens (tertiary/aromatic N) is 2. The molecule has 0 atom stereocenters. The molecule has 0 aliphatic carbocycles. The molecule has 6 rings (SSSR count). The minimum Gasteiger partial charge on any atom is -1.00 e. The van der Waals surface area contributed by atoms with E-state index in [1.807, 2.05) is 68.0 Å². The molecule has 0 unspecified atom stereocenters. The van der Waals surface area contributed by atoms with Crippen LogP contribution in [0, 0.1) is 10.8 Å². The number of hydrogen-bond acceptors (Lipinski definition) is 19. The maximum atomic E-state index is 11.4. The molecule has 5 aromatic carbocycles. The van der Waals surface area contributed by atoms with Crippen LogP contribution < -0.4 is 41.0 Å².